The smallest absolute Gasteiger partial charge is 0.239 e. The van der Waals surface area contributed by atoms with Crippen LogP contribution in [0, 0.1) is 11.3 Å². The van der Waals surface area contributed by atoms with Crippen molar-refractivity contribution in [3.8, 4) is 6.07 Å². The molecule has 0 bridgehead atoms. The van der Waals surface area contributed by atoms with Gasteiger partial charge in [-0.05, 0) is 49.3 Å². The molecule has 1 aliphatic carbocycles. The SMILES string of the molecule is N#Cc1cc2c(nc1N1CC(=O)N[C@@H](Cc3ccccc3)C1)CCCC2. The molecule has 0 radical (unpaired) electrons. The van der Waals surface area contributed by atoms with E-state index in [1.807, 2.05) is 29.2 Å². The van der Waals surface area contributed by atoms with Crippen LogP contribution in [0.4, 0.5) is 5.82 Å². The van der Waals surface area contributed by atoms with Crippen LogP contribution < -0.4 is 10.2 Å². The van der Waals surface area contributed by atoms with Crippen molar-refractivity contribution in [3.63, 3.8) is 0 Å². The lowest BCUT2D eigenvalue weighted by Crippen LogP contribution is -2.55. The molecule has 132 valence electrons. The number of aromatic nitrogens is 1. The molecule has 1 aliphatic heterocycles. The van der Waals surface area contributed by atoms with E-state index in [2.05, 4.69) is 23.5 Å². The Morgan fingerprint density at radius 2 is 2.04 bits per heavy atom. The Balaban J connectivity index is 1.60. The number of anilines is 1. The fourth-order valence-electron chi connectivity index (χ4n) is 3.94. The Kier molecular flexibility index (Phi) is 4.57. The van der Waals surface area contributed by atoms with Crippen LogP contribution in [0.15, 0.2) is 36.4 Å². The Bertz CT molecular complexity index is 856. The van der Waals surface area contributed by atoms with Gasteiger partial charge in [0.05, 0.1) is 18.2 Å². The van der Waals surface area contributed by atoms with Gasteiger partial charge in [0.1, 0.15) is 11.9 Å². The van der Waals surface area contributed by atoms with Crippen molar-refractivity contribution in [3.05, 3.63) is 58.8 Å². The van der Waals surface area contributed by atoms with E-state index >= 15 is 0 Å². The number of carbonyl (C=O) groups excluding carboxylic acids is 1. The molecule has 1 saturated heterocycles. The van der Waals surface area contributed by atoms with Crippen molar-refractivity contribution >= 4 is 11.7 Å². The second-order valence-corrected chi connectivity index (χ2v) is 7.12. The van der Waals surface area contributed by atoms with E-state index < -0.39 is 0 Å². The van der Waals surface area contributed by atoms with Crippen molar-refractivity contribution in [1.29, 1.82) is 5.26 Å². The molecular weight excluding hydrogens is 324 g/mol. The number of rotatable bonds is 3. The zero-order valence-corrected chi connectivity index (χ0v) is 14.7. The average Bonchev–Trinajstić information content (AvgIpc) is 2.67. The van der Waals surface area contributed by atoms with Gasteiger partial charge < -0.3 is 10.2 Å². The lowest BCUT2D eigenvalue weighted by atomic mass is 9.94. The number of pyridine rings is 1. The number of carbonyl (C=O) groups is 1. The van der Waals surface area contributed by atoms with E-state index in [1.54, 1.807) is 0 Å². The van der Waals surface area contributed by atoms with Gasteiger partial charge >= 0.3 is 0 Å². The summed E-state index contributed by atoms with van der Waals surface area (Å²) in [5.74, 6) is 0.654. The van der Waals surface area contributed by atoms with Gasteiger partial charge in [0.2, 0.25) is 5.91 Å². The van der Waals surface area contributed by atoms with Crippen molar-refractivity contribution < 1.29 is 4.79 Å². The highest BCUT2D eigenvalue weighted by atomic mass is 16.2. The van der Waals surface area contributed by atoms with Crippen molar-refractivity contribution in [2.75, 3.05) is 18.0 Å². The minimum Gasteiger partial charge on any atom is -0.350 e. The number of fused-ring (bicyclic) bond motifs is 1. The summed E-state index contributed by atoms with van der Waals surface area (Å²) in [6.07, 6.45) is 5.03. The van der Waals surface area contributed by atoms with E-state index in [1.165, 1.54) is 11.1 Å². The standard InChI is InChI=1S/C21H22N4O/c22-12-17-11-16-8-4-5-9-19(16)24-21(17)25-13-18(23-20(26)14-25)10-15-6-2-1-3-7-15/h1-3,6-7,11,18H,4-5,8-10,13-14H2,(H,23,26)/t18-/m0/s1. The van der Waals surface area contributed by atoms with E-state index in [0.717, 1.165) is 37.8 Å². The third-order valence-corrected chi connectivity index (χ3v) is 5.17. The molecule has 2 aliphatic rings. The number of nitriles is 1. The first-order chi connectivity index (χ1) is 12.7. The molecule has 1 N–H and O–H groups in total. The average molecular weight is 346 g/mol. The summed E-state index contributed by atoms with van der Waals surface area (Å²) in [7, 11) is 0. The maximum atomic E-state index is 12.3. The molecule has 2 aromatic rings. The lowest BCUT2D eigenvalue weighted by Gasteiger charge is -2.35. The molecule has 1 fully saturated rings. The molecule has 0 spiro atoms. The Morgan fingerprint density at radius 3 is 2.85 bits per heavy atom. The third kappa shape index (κ3) is 3.41. The van der Waals surface area contributed by atoms with Crippen molar-refractivity contribution in [2.24, 2.45) is 0 Å². The molecule has 26 heavy (non-hydrogen) atoms. The monoisotopic (exact) mass is 346 g/mol. The summed E-state index contributed by atoms with van der Waals surface area (Å²) < 4.78 is 0. The number of hydrogen-bond acceptors (Lipinski definition) is 4. The Hall–Kier alpha value is -2.87. The number of nitrogens with one attached hydrogen (secondary N) is 1. The highest BCUT2D eigenvalue weighted by Crippen LogP contribution is 2.27. The largest absolute Gasteiger partial charge is 0.350 e. The van der Waals surface area contributed by atoms with Crippen LogP contribution in [0.3, 0.4) is 0 Å². The minimum atomic E-state index is -0.0133. The van der Waals surface area contributed by atoms with Gasteiger partial charge in [0.15, 0.2) is 0 Å². The summed E-state index contributed by atoms with van der Waals surface area (Å²) in [6, 6.07) is 14.4. The number of hydrogen-bond donors (Lipinski definition) is 1. The molecule has 1 aromatic carbocycles. The first-order valence-corrected chi connectivity index (χ1v) is 9.24. The third-order valence-electron chi connectivity index (χ3n) is 5.17. The summed E-state index contributed by atoms with van der Waals surface area (Å²) >= 11 is 0. The maximum absolute atomic E-state index is 12.3. The number of nitrogens with zero attached hydrogens (tertiary/aromatic N) is 3. The lowest BCUT2D eigenvalue weighted by molar-refractivity contribution is -0.121. The maximum Gasteiger partial charge on any atom is 0.239 e. The van der Waals surface area contributed by atoms with Gasteiger partial charge in [0.25, 0.3) is 0 Å². The second-order valence-electron chi connectivity index (χ2n) is 7.12. The summed E-state index contributed by atoms with van der Waals surface area (Å²) in [6.45, 7) is 0.923. The molecule has 4 rings (SSSR count). The van der Waals surface area contributed by atoms with E-state index in [0.29, 0.717) is 17.9 Å². The van der Waals surface area contributed by atoms with Gasteiger partial charge in [-0.25, -0.2) is 4.98 Å². The zero-order chi connectivity index (χ0) is 17.9. The number of amides is 1. The number of aryl methyl sites for hydroxylation is 2. The van der Waals surface area contributed by atoms with Crippen LogP contribution in [0.25, 0.3) is 0 Å². The van der Waals surface area contributed by atoms with Gasteiger partial charge in [-0.1, -0.05) is 30.3 Å². The fraction of sp³-hybridized carbons (Fsp3) is 0.381. The van der Waals surface area contributed by atoms with Gasteiger partial charge in [0, 0.05) is 12.2 Å². The van der Waals surface area contributed by atoms with E-state index in [9.17, 15) is 10.1 Å². The molecule has 0 unspecified atom stereocenters. The van der Waals surface area contributed by atoms with E-state index in [-0.39, 0.29) is 18.5 Å². The summed E-state index contributed by atoms with van der Waals surface area (Å²) in [4.78, 5) is 19.1. The second kappa shape index (κ2) is 7.17. The van der Waals surface area contributed by atoms with Crippen LogP contribution in [0.5, 0.6) is 0 Å². The molecule has 2 heterocycles. The van der Waals surface area contributed by atoms with Crippen molar-refractivity contribution in [2.45, 2.75) is 38.1 Å². The Labute approximate surface area is 153 Å². The topological polar surface area (TPSA) is 69.0 Å². The highest BCUT2D eigenvalue weighted by Gasteiger charge is 2.28. The quantitative estimate of drug-likeness (QED) is 0.926. The minimum absolute atomic E-state index is 0.0133. The zero-order valence-electron chi connectivity index (χ0n) is 14.7. The summed E-state index contributed by atoms with van der Waals surface area (Å²) in [5, 5.41) is 12.7. The predicted molar refractivity (Wildman–Crippen MR) is 99.9 cm³/mol. The normalized spacial score (nSPS) is 19.4. The van der Waals surface area contributed by atoms with Crippen LogP contribution >= 0.6 is 0 Å². The van der Waals surface area contributed by atoms with Crippen LogP contribution in [0.2, 0.25) is 0 Å². The molecule has 0 saturated carbocycles. The van der Waals surface area contributed by atoms with Gasteiger partial charge in [-0.15, -0.1) is 0 Å². The van der Waals surface area contributed by atoms with E-state index in [4.69, 9.17) is 4.98 Å². The van der Waals surface area contributed by atoms with Crippen LogP contribution in [0.1, 0.15) is 35.2 Å². The van der Waals surface area contributed by atoms with Crippen LogP contribution in [-0.2, 0) is 24.1 Å². The molecule has 1 amide bonds. The fourth-order valence-corrected chi connectivity index (χ4v) is 3.94. The van der Waals surface area contributed by atoms with Gasteiger partial charge in [-0.2, -0.15) is 5.26 Å². The molecule has 5 nitrogen and oxygen atoms in total. The Morgan fingerprint density at radius 1 is 1.23 bits per heavy atom. The molecule has 5 heteroatoms. The van der Waals surface area contributed by atoms with Crippen LogP contribution in [-0.4, -0.2) is 30.0 Å². The highest BCUT2D eigenvalue weighted by molar-refractivity contribution is 5.83. The first kappa shape index (κ1) is 16.6. The number of piperazine rings is 1. The molecular formula is C21H22N4O. The molecule has 1 aromatic heterocycles. The predicted octanol–water partition coefficient (Wildman–Crippen LogP) is 2.38. The number of benzene rings is 1. The van der Waals surface area contributed by atoms with Crippen molar-refractivity contribution in [1.82, 2.24) is 10.3 Å². The van der Waals surface area contributed by atoms with Gasteiger partial charge in [-0.3, -0.25) is 4.79 Å². The molecule has 1 atom stereocenters. The first-order valence-electron chi connectivity index (χ1n) is 9.24. The summed E-state index contributed by atoms with van der Waals surface area (Å²) in [5.41, 5.74) is 4.06.